The molecule has 130 valence electrons. The molecule has 0 amide bonds. The average Bonchev–Trinajstić information content (AvgIpc) is 3.08. The van der Waals surface area contributed by atoms with Crippen molar-refractivity contribution < 1.29 is 4.42 Å². The summed E-state index contributed by atoms with van der Waals surface area (Å²) in [5, 5.41) is 3.45. The summed E-state index contributed by atoms with van der Waals surface area (Å²) in [6.45, 7) is 4.40. The van der Waals surface area contributed by atoms with Gasteiger partial charge in [0.25, 0.3) is 0 Å². The molecule has 0 saturated carbocycles. The summed E-state index contributed by atoms with van der Waals surface area (Å²) in [6.07, 6.45) is 4.01. The topological polar surface area (TPSA) is 67.3 Å². The van der Waals surface area contributed by atoms with Crippen LogP contribution in [0.2, 0.25) is 0 Å². The highest BCUT2D eigenvalue weighted by Gasteiger charge is 2.11. The van der Waals surface area contributed by atoms with Gasteiger partial charge in [0, 0.05) is 18.7 Å². The molecule has 3 N–H and O–H groups in total. The lowest BCUT2D eigenvalue weighted by Gasteiger charge is -2.26. The number of nitrogens with two attached hydrogens (primary N) is 1. The molecule has 0 bridgehead atoms. The Kier molecular flexibility index (Phi) is 4.57. The largest absolute Gasteiger partial charge is 0.436 e. The molecule has 0 spiro atoms. The number of fused-ring (bicyclic) bond motifs is 1. The molecule has 1 fully saturated rings. The van der Waals surface area contributed by atoms with Crippen LogP contribution < -0.4 is 11.1 Å². The number of nitrogens with one attached hydrogen (secondary N) is 1. The zero-order valence-electron chi connectivity index (χ0n) is 14.4. The SMILES string of the molecule is Nc1cc(-c2nc3ccccc3o2)ccc1NCCN1CCCCC1. The first-order chi connectivity index (χ1) is 12.3. The van der Waals surface area contributed by atoms with Crippen LogP contribution in [0.4, 0.5) is 11.4 Å². The molecule has 5 heteroatoms. The van der Waals surface area contributed by atoms with Crippen LogP contribution in [-0.4, -0.2) is 36.1 Å². The van der Waals surface area contributed by atoms with Gasteiger partial charge >= 0.3 is 0 Å². The van der Waals surface area contributed by atoms with Crippen LogP contribution in [0.3, 0.4) is 0 Å². The molecular formula is C20H24N4O. The number of hydrogen-bond donors (Lipinski definition) is 2. The molecule has 1 aliphatic heterocycles. The highest BCUT2D eigenvalue weighted by atomic mass is 16.3. The fourth-order valence-corrected chi connectivity index (χ4v) is 3.38. The van der Waals surface area contributed by atoms with E-state index < -0.39 is 0 Å². The number of anilines is 2. The van der Waals surface area contributed by atoms with Gasteiger partial charge in [-0.15, -0.1) is 0 Å². The molecule has 0 unspecified atom stereocenters. The number of para-hydroxylation sites is 2. The van der Waals surface area contributed by atoms with E-state index in [1.54, 1.807) is 0 Å². The van der Waals surface area contributed by atoms with Crippen LogP contribution in [0.15, 0.2) is 46.9 Å². The molecule has 0 radical (unpaired) electrons. The van der Waals surface area contributed by atoms with Crippen molar-refractivity contribution >= 4 is 22.5 Å². The Morgan fingerprint density at radius 2 is 1.92 bits per heavy atom. The van der Waals surface area contributed by atoms with Crippen LogP contribution in [0.5, 0.6) is 0 Å². The molecule has 2 aromatic carbocycles. The molecule has 25 heavy (non-hydrogen) atoms. The lowest BCUT2D eigenvalue weighted by molar-refractivity contribution is 0.237. The predicted octanol–water partition coefficient (Wildman–Crippen LogP) is 3.97. The Morgan fingerprint density at radius 1 is 1.08 bits per heavy atom. The zero-order chi connectivity index (χ0) is 17.1. The second kappa shape index (κ2) is 7.15. The van der Waals surface area contributed by atoms with Gasteiger partial charge in [-0.1, -0.05) is 18.6 Å². The van der Waals surface area contributed by atoms with Gasteiger partial charge in [-0.05, 0) is 56.3 Å². The Morgan fingerprint density at radius 3 is 2.72 bits per heavy atom. The summed E-state index contributed by atoms with van der Waals surface area (Å²) in [7, 11) is 0. The van der Waals surface area contributed by atoms with Crippen LogP contribution in [0.25, 0.3) is 22.6 Å². The summed E-state index contributed by atoms with van der Waals surface area (Å²) in [4.78, 5) is 7.04. The van der Waals surface area contributed by atoms with Crippen molar-refractivity contribution in [2.45, 2.75) is 19.3 Å². The highest BCUT2D eigenvalue weighted by molar-refractivity contribution is 5.78. The maximum Gasteiger partial charge on any atom is 0.227 e. The van der Waals surface area contributed by atoms with E-state index in [0.717, 1.165) is 41.1 Å². The number of rotatable bonds is 5. The first-order valence-corrected chi connectivity index (χ1v) is 9.01. The lowest BCUT2D eigenvalue weighted by atomic mass is 10.1. The minimum absolute atomic E-state index is 0.604. The Balaban J connectivity index is 1.43. The molecule has 0 aliphatic carbocycles. The van der Waals surface area contributed by atoms with E-state index >= 15 is 0 Å². The van der Waals surface area contributed by atoms with E-state index in [1.807, 2.05) is 42.5 Å². The minimum Gasteiger partial charge on any atom is -0.436 e. The van der Waals surface area contributed by atoms with Crippen LogP contribution in [0.1, 0.15) is 19.3 Å². The third kappa shape index (κ3) is 3.61. The molecule has 5 nitrogen and oxygen atoms in total. The number of benzene rings is 2. The second-order valence-corrected chi connectivity index (χ2v) is 6.62. The summed E-state index contributed by atoms with van der Waals surface area (Å²) < 4.78 is 5.82. The Labute approximate surface area is 147 Å². The van der Waals surface area contributed by atoms with Crippen molar-refractivity contribution in [3.05, 3.63) is 42.5 Å². The van der Waals surface area contributed by atoms with E-state index in [-0.39, 0.29) is 0 Å². The number of piperidine rings is 1. The summed E-state index contributed by atoms with van der Waals surface area (Å²) >= 11 is 0. The van der Waals surface area contributed by atoms with Crippen LogP contribution in [-0.2, 0) is 0 Å². The van der Waals surface area contributed by atoms with Crippen molar-refractivity contribution in [1.82, 2.24) is 9.88 Å². The smallest absolute Gasteiger partial charge is 0.227 e. The van der Waals surface area contributed by atoms with Gasteiger partial charge in [0.1, 0.15) is 5.52 Å². The van der Waals surface area contributed by atoms with Gasteiger partial charge in [0.05, 0.1) is 11.4 Å². The van der Waals surface area contributed by atoms with Crippen LogP contribution >= 0.6 is 0 Å². The number of oxazole rings is 1. The average molecular weight is 336 g/mol. The minimum atomic E-state index is 0.604. The number of hydrogen-bond acceptors (Lipinski definition) is 5. The first-order valence-electron chi connectivity index (χ1n) is 9.01. The van der Waals surface area contributed by atoms with E-state index in [4.69, 9.17) is 10.2 Å². The molecule has 1 aromatic heterocycles. The van der Waals surface area contributed by atoms with Gasteiger partial charge in [0.15, 0.2) is 5.58 Å². The van der Waals surface area contributed by atoms with Crippen molar-refractivity contribution in [2.24, 2.45) is 0 Å². The van der Waals surface area contributed by atoms with Gasteiger partial charge in [-0.3, -0.25) is 0 Å². The number of likely N-dealkylation sites (tertiary alicyclic amines) is 1. The van der Waals surface area contributed by atoms with Gasteiger partial charge < -0.3 is 20.4 Å². The molecule has 0 atom stereocenters. The first kappa shape index (κ1) is 16.0. The van der Waals surface area contributed by atoms with Crippen molar-refractivity contribution in [3.63, 3.8) is 0 Å². The summed E-state index contributed by atoms with van der Waals surface area (Å²) in [5.74, 6) is 0.604. The Bertz CT molecular complexity index is 819. The number of aromatic nitrogens is 1. The normalized spacial score (nSPS) is 15.5. The third-order valence-electron chi connectivity index (χ3n) is 4.78. The maximum absolute atomic E-state index is 6.23. The predicted molar refractivity (Wildman–Crippen MR) is 103 cm³/mol. The summed E-state index contributed by atoms with van der Waals surface area (Å²) in [6, 6.07) is 13.7. The lowest BCUT2D eigenvalue weighted by Crippen LogP contribution is -2.33. The van der Waals surface area contributed by atoms with Gasteiger partial charge in [0.2, 0.25) is 5.89 Å². The molecule has 4 rings (SSSR count). The van der Waals surface area contributed by atoms with Gasteiger partial charge in [-0.2, -0.15) is 0 Å². The van der Waals surface area contributed by atoms with E-state index in [9.17, 15) is 0 Å². The monoisotopic (exact) mass is 336 g/mol. The quantitative estimate of drug-likeness (QED) is 0.690. The fourth-order valence-electron chi connectivity index (χ4n) is 3.38. The number of nitrogens with zero attached hydrogens (tertiary/aromatic N) is 2. The Hall–Kier alpha value is -2.53. The van der Waals surface area contributed by atoms with E-state index in [1.165, 1.54) is 32.4 Å². The van der Waals surface area contributed by atoms with Gasteiger partial charge in [-0.25, -0.2) is 4.98 Å². The standard InChI is InChI=1S/C20H24N4O/c21-16-14-15(20-23-18-6-2-3-7-19(18)25-20)8-9-17(16)22-10-13-24-11-4-1-5-12-24/h2-3,6-9,14,22H,1,4-5,10-13,21H2. The fraction of sp³-hybridized carbons (Fsp3) is 0.350. The maximum atomic E-state index is 6.23. The van der Waals surface area contributed by atoms with E-state index in [2.05, 4.69) is 15.2 Å². The van der Waals surface area contributed by atoms with Crippen molar-refractivity contribution in [3.8, 4) is 11.5 Å². The summed E-state index contributed by atoms with van der Waals surface area (Å²) in [5.41, 5.74) is 10.5. The molecule has 1 aliphatic rings. The molecule has 3 aromatic rings. The van der Waals surface area contributed by atoms with Crippen molar-refractivity contribution in [2.75, 3.05) is 37.2 Å². The van der Waals surface area contributed by atoms with E-state index in [0.29, 0.717) is 5.89 Å². The highest BCUT2D eigenvalue weighted by Crippen LogP contribution is 2.28. The number of nitrogen functional groups attached to an aromatic ring is 1. The second-order valence-electron chi connectivity index (χ2n) is 6.62. The third-order valence-corrected chi connectivity index (χ3v) is 4.78. The molecular weight excluding hydrogens is 312 g/mol. The molecule has 1 saturated heterocycles. The zero-order valence-corrected chi connectivity index (χ0v) is 14.4. The molecule has 2 heterocycles. The van der Waals surface area contributed by atoms with Crippen LogP contribution in [0, 0.1) is 0 Å². The van der Waals surface area contributed by atoms with Crippen molar-refractivity contribution in [1.29, 1.82) is 0 Å².